The Labute approximate surface area is 161 Å². The van der Waals surface area contributed by atoms with E-state index in [2.05, 4.69) is 24.8 Å². The highest BCUT2D eigenvalue weighted by Gasteiger charge is 2.27. The highest BCUT2D eigenvalue weighted by atomic mass is 16.5. The summed E-state index contributed by atoms with van der Waals surface area (Å²) in [6.45, 7) is 1.86. The van der Waals surface area contributed by atoms with Crippen molar-refractivity contribution in [3.8, 4) is 23.2 Å². The molecular weight excluding hydrogens is 366 g/mol. The number of aliphatic hydroxyl groups excluding tert-OH is 1. The van der Waals surface area contributed by atoms with Gasteiger partial charge < -0.3 is 28.6 Å². The van der Waals surface area contributed by atoms with E-state index in [1.807, 2.05) is 6.07 Å². The first-order valence-corrected chi connectivity index (χ1v) is 8.90. The minimum atomic E-state index is 0.0190. The molecule has 0 aromatic carbocycles. The number of aliphatic hydroxyl groups is 1. The van der Waals surface area contributed by atoms with Crippen molar-refractivity contribution in [2.45, 2.75) is 12.5 Å². The Morgan fingerprint density at radius 3 is 2.93 bits per heavy atom. The Bertz CT molecular complexity index is 963. The zero-order chi connectivity index (χ0) is 19.5. The van der Waals surface area contributed by atoms with Crippen molar-refractivity contribution in [3.05, 3.63) is 18.6 Å². The Balaban J connectivity index is 1.67. The van der Waals surface area contributed by atoms with Crippen LogP contribution in [-0.4, -0.2) is 71.7 Å². The summed E-state index contributed by atoms with van der Waals surface area (Å²) in [5, 5.41) is 9.73. The molecule has 0 bridgehead atoms. The van der Waals surface area contributed by atoms with Crippen LogP contribution in [0.5, 0.6) is 11.9 Å². The van der Waals surface area contributed by atoms with Gasteiger partial charge in [-0.05, 0) is 12.5 Å². The number of hydrogen-bond acceptors (Lipinski definition) is 10. The Hall–Kier alpha value is -2.98. The molecule has 4 rings (SSSR count). The molecule has 10 nitrogen and oxygen atoms in total. The van der Waals surface area contributed by atoms with E-state index in [1.54, 1.807) is 6.20 Å². The highest BCUT2D eigenvalue weighted by Crippen LogP contribution is 2.36. The second kappa shape index (κ2) is 7.95. The van der Waals surface area contributed by atoms with E-state index in [4.69, 9.17) is 23.7 Å². The topological polar surface area (TPSA) is 116 Å². The van der Waals surface area contributed by atoms with Crippen molar-refractivity contribution < 1.29 is 23.7 Å². The van der Waals surface area contributed by atoms with Crippen LogP contribution < -0.4 is 14.4 Å². The van der Waals surface area contributed by atoms with Gasteiger partial charge in [0.25, 0.3) is 0 Å². The van der Waals surface area contributed by atoms with Gasteiger partial charge in [0.1, 0.15) is 17.9 Å². The quantitative estimate of drug-likeness (QED) is 0.635. The van der Waals surface area contributed by atoms with Crippen LogP contribution in [0.25, 0.3) is 22.4 Å². The van der Waals surface area contributed by atoms with Crippen LogP contribution in [0.1, 0.15) is 6.42 Å². The monoisotopic (exact) mass is 387 g/mol. The van der Waals surface area contributed by atoms with E-state index in [9.17, 15) is 0 Å². The Morgan fingerprint density at radius 1 is 1.25 bits per heavy atom. The average molecular weight is 387 g/mol. The zero-order valence-corrected chi connectivity index (χ0v) is 15.7. The lowest BCUT2D eigenvalue weighted by molar-refractivity contribution is 0.0411. The number of hydrogen-bond donors (Lipinski definition) is 1. The summed E-state index contributed by atoms with van der Waals surface area (Å²) < 4.78 is 21.9. The Kier molecular flexibility index (Phi) is 5.22. The van der Waals surface area contributed by atoms with E-state index >= 15 is 0 Å². The molecule has 0 aliphatic carbocycles. The van der Waals surface area contributed by atoms with E-state index in [0.717, 1.165) is 24.2 Å². The van der Waals surface area contributed by atoms with Crippen LogP contribution in [0.15, 0.2) is 23.0 Å². The van der Waals surface area contributed by atoms with Gasteiger partial charge in [-0.2, -0.15) is 4.98 Å². The van der Waals surface area contributed by atoms with Gasteiger partial charge in [0.05, 0.1) is 44.5 Å². The average Bonchev–Trinajstić information content (AvgIpc) is 3.38. The molecule has 0 saturated carbocycles. The molecule has 0 spiro atoms. The summed E-state index contributed by atoms with van der Waals surface area (Å²) >= 11 is 0. The molecule has 10 heteroatoms. The molecule has 1 fully saturated rings. The number of ether oxygens (including phenoxy) is 3. The lowest BCUT2D eigenvalue weighted by Gasteiger charge is -2.17. The minimum Gasteiger partial charge on any atom is -0.480 e. The molecule has 28 heavy (non-hydrogen) atoms. The van der Waals surface area contributed by atoms with Gasteiger partial charge in [0.2, 0.25) is 11.6 Å². The molecule has 3 aromatic heterocycles. The molecule has 1 saturated heterocycles. The maximum absolute atomic E-state index is 8.94. The van der Waals surface area contributed by atoms with Crippen LogP contribution in [0.4, 0.5) is 5.82 Å². The molecule has 1 N–H and O–H groups in total. The maximum Gasteiger partial charge on any atom is 0.319 e. The third kappa shape index (κ3) is 3.43. The van der Waals surface area contributed by atoms with E-state index < -0.39 is 0 Å². The fourth-order valence-electron chi connectivity index (χ4n) is 3.28. The zero-order valence-electron chi connectivity index (χ0n) is 15.7. The molecule has 1 unspecified atom stereocenters. The lowest BCUT2D eigenvalue weighted by atomic mass is 10.2. The highest BCUT2D eigenvalue weighted by molar-refractivity contribution is 5.90. The maximum atomic E-state index is 8.94. The SMILES string of the molecule is COc1ncc(-c2cc3c(N4CCC(OCCO)C4)ncnc3o2)c(OC)n1. The van der Waals surface area contributed by atoms with E-state index in [1.165, 1.54) is 20.5 Å². The molecule has 1 aliphatic rings. The van der Waals surface area contributed by atoms with Crippen molar-refractivity contribution in [2.75, 3.05) is 45.4 Å². The van der Waals surface area contributed by atoms with E-state index in [-0.39, 0.29) is 18.7 Å². The van der Waals surface area contributed by atoms with Gasteiger partial charge in [0, 0.05) is 19.3 Å². The molecule has 148 valence electrons. The molecule has 0 radical (unpaired) electrons. The molecule has 1 aliphatic heterocycles. The number of aromatic nitrogens is 4. The van der Waals surface area contributed by atoms with Crippen molar-refractivity contribution in [2.24, 2.45) is 0 Å². The number of anilines is 1. The van der Waals surface area contributed by atoms with Crippen LogP contribution in [0, 0.1) is 0 Å². The largest absolute Gasteiger partial charge is 0.480 e. The summed E-state index contributed by atoms with van der Waals surface area (Å²) in [7, 11) is 3.01. The third-order valence-corrected chi connectivity index (χ3v) is 4.57. The smallest absolute Gasteiger partial charge is 0.319 e. The van der Waals surface area contributed by atoms with Crippen molar-refractivity contribution in [3.63, 3.8) is 0 Å². The first kappa shape index (κ1) is 18.4. The predicted octanol–water partition coefficient (Wildman–Crippen LogP) is 1.28. The van der Waals surface area contributed by atoms with Gasteiger partial charge >= 0.3 is 6.01 Å². The molecule has 3 aromatic rings. The summed E-state index contributed by atoms with van der Waals surface area (Å²) in [4.78, 5) is 19.2. The van der Waals surface area contributed by atoms with Gasteiger partial charge in [-0.1, -0.05) is 0 Å². The first-order valence-electron chi connectivity index (χ1n) is 8.90. The molecular formula is C18H21N5O5. The molecule has 0 amide bonds. The van der Waals surface area contributed by atoms with Crippen molar-refractivity contribution in [1.82, 2.24) is 19.9 Å². The standard InChI is InChI=1S/C18H21N5O5/c1-25-17-13(8-19-18(22-17)26-2)14-7-12-15(20-10-21-16(12)28-14)23-4-3-11(9-23)27-6-5-24/h7-8,10-11,24H,3-6,9H2,1-2H3. The number of rotatable bonds is 7. The fraction of sp³-hybridized carbons (Fsp3) is 0.444. The number of nitrogens with zero attached hydrogens (tertiary/aromatic N) is 5. The number of methoxy groups -OCH3 is 2. The van der Waals surface area contributed by atoms with Crippen LogP contribution in [0.2, 0.25) is 0 Å². The Morgan fingerprint density at radius 2 is 2.14 bits per heavy atom. The van der Waals surface area contributed by atoms with Crippen molar-refractivity contribution >= 4 is 16.9 Å². The summed E-state index contributed by atoms with van der Waals surface area (Å²) in [5.41, 5.74) is 1.07. The van der Waals surface area contributed by atoms with Gasteiger partial charge in [-0.3, -0.25) is 0 Å². The summed E-state index contributed by atoms with van der Waals surface area (Å²) in [6, 6.07) is 2.07. The second-order valence-corrected chi connectivity index (χ2v) is 6.26. The fourth-order valence-corrected chi connectivity index (χ4v) is 3.28. The van der Waals surface area contributed by atoms with Crippen LogP contribution in [-0.2, 0) is 4.74 Å². The molecule has 1 atom stereocenters. The number of furan rings is 1. The summed E-state index contributed by atoms with van der Waals surface area (Å²) in [5.74, 6) is 1.66. The normalized spacial score (nSPS) is 16.7. The second-order valence-electron chi connectivity index (χ2n) is 6.26. The van der Waals surface area contributed by atoms with Crippen molar-refractivity contribution in [1.29, 1.82) is 0 Å². The molecule has 4 heterocycles. The third-order valence-electron chi connectivity index (χ3n) is 4.57. The first-order chi connectivity index (χ1) is 13.7. The lowest BCUT2D eigenvalue weighted by Crippen LogP contribution is -2.24. The van der Waals surface area contributed by atoms with E-state index in [0.29, 0.717) is 36.1 Å². The van der Waals surface area contributed by atoms with Crippen LogP contribution in [0.3, 0.4) is 0 Å². The van der Waals surface area contributed by atoms with Gasteiger partial charge in [0.15, 0.2) is 0 Å². The predicted molar refractivity (Wildman–Crippen MR) is 99.6 cm³/mol. The van der Waals surface area contributed by atoms with Gasteiger partial charge in [-0.25, -0.2) is 15.0 Å². The van der Waals surface area contributed by atoms with Crippen LogP contribution >= 0.6 is 0 Å². The minimum absolute atomic E-state index is 0.0190. The van der Waals surface area contributed by atoms with Gasteiger partial charge in [-0.15, -0.1) is 0 Å². The summed E-state index contributed by atoms with van der Waals surface area (Å²) in [6.07, 6.45) is 4.01. The number of fused-ring (bicyclic) bond motifs is 1.